The summed E-state index contributed by atoms with van der Waals surface area (Å²) in [7, 11) is 1.46. The van der Waals surface area contributed by atoms with E-state index < -0.39 is 0 Å². The van der Waals surface area contributed by atoms with E-state index in [-0.39, 0.29) is 18.7 Å². The number of hydrogen-bond acceptors (Lipinski definition) is 5. The Morgan fingerprint density at radius 1 is 1.47 bits per heavy atom. The minimum absolute atomic E-state index is 0.163. The van der Waals surface area contributed by atoms with Crippen LogP contribution < -0.4 is 19.9 Å². The quantitative estimate of drug-likeness (QED) is 0.857. The molecular formula is C13H16ClNO4. The number of carbonyl (C=O) groups excluding carboxylic acids is 1. The van der Waals surface area contributed by atoms with Gasteiger partial charge in [-0.15, -0.1) is 0 Å². The molecule has 0 bridgehead atoms. The van der Waals surface area contributed by atoms with Crippen LogP contribution in [0.25, 0.3) is 0 Å². The van der Waals surface area contributed by atoms with E-state index in [4.69, 9.17) is 31.5 Å². The number of methoxy groups -OCH3 is 1. The molecule has 2 rings (SSSR count). The molecule has 1 aliphatic rings. The van der Waals surface area contributed by atoms with Crippen LogP contribution in [-0.2, 0) is 0 Å². The molecule has 1 aliphatic heterocycles. The Morgan fingerprint density at radius 2 is 2.21 bits per heavy atom. The predicted octanol–water partition coefficient (Wildman–Crippen LogP) is 2.04. The van der Waals surface area contributed by atoms with E-state index in [2.05, 4.69) is 0 Å². The number of nitrogens with two attached hydrogens (primary N) is 1. The van der Waals surface area contributed by atoms with Crippen LogP contribution in [0.4, 0.5) is 0 Å². The van der Waals surface area contributed by atoms with Crippen molar-refractivity contribution in [3.05, 3.63) is 16.7 Å². The molecule has 0 atom stereocenters. The third-order valence-electron chi connectivity index (χ3n) is 2.80. The molecule has 0 amide bonds. The lowest BCUT2D eigenvalue weighted by atomic mass is 10.0. The highest BCUT2D eigenvalue weighted by atomic mass is 35.5. The van der Waals surface area contributed by atoms with Crippen LogP contribution in [0.15, 0.2) is 6.07 Å². The zero-order valence-electron chi connectivity index (χ0n) is 10.7. The van der Waals surface area contributed by atoms with Gasteiger partial charge in [-0.05, 0) is 6.54 Å². The summed E-state index contributed by atoms with van der Waals surface area (Å²) in [5.41, 5.74) is 5.75. The summed E-state index contributed by atoms with van der Waals surface area (Å²) in [6.45, 7) is 1.27. The first-order valence-corrected chi connectivity index (χ1v) is 6.46. The van der Waals surface area contributed by atoms with Gasteiger partial charge in [0.25, 0.3) is 0 Å². The fourth-order valence-corrected chi connectivity index (χ4v) is 2.24. The van der Waals surface area contributed by atoms with E-state index in [0.717, 1.165) is 6.42 Å². The number of fused-ring (bicyclic) bond motifs is 1. The highest BCUT2D eigenvalue weighted by molar-refractivity contribution is 6.33. The van der Waals surface area contributed by atoms with Crippen LogP contribution in [0.3, 0.4) is 0 Å². The van der Waals surface area contributed by atoms with Gasteiger partial charge in [-0.2, -0.15) is 0 Å². The molecule has 0 fully saturated rings. The van der Waals surface area contributed by atoms with E-state index in [9.17, 15) is 4.79 Å². The van der Waals surface area contributed by atoms with Gasteiger partial charge in [-0.1, -0.05) is 11.6 Å². The van der Waals surface area contributed by atoms with E-state index in [1.165, 1.54) is 7.11 Å². The predicted molar refractivity (Wildman–Crippen MR) is 71.6 cm³/mol. The second kappa shape index (κ2) is 6.12. The SMILES string of the molecule is COc1c(Cl)cc2c(c1C(=O)CCN)OCCCO2. The maximum absolute atomic E-state index is 12.2. The summed E-state index contributed by atoms with van der Waals surface area (Å²) < 4.78 is 16.4. The van der Waals surface area contributed by atoms with Crippen molar-refractivity contribution in [2.24, 2.45) is 5.73 Å². The molecule has 0 saturated carbocycles. The first-order chi connectivity index (χ1) is 9.19. The summed E-state index contributed by atoms with van der Waals surface area (Å²) in [5, 5.41) is 0.326. The van der Waals surface area contributed by atoms with Crippen LogP contribution >= 0.6 is 11.6 Å². The molecule has 6 heteroatoms. The molecule has 2 N–H and O–H groups in total. The second-order valence-electron chi connectivity index (χ2n) is 4.11. The smallest absolute Gasteiger partial charge is 0.175 e. The number of Topliss-reactive ketones (excluding diaryl/α,β-unsaturated/α-hetero) is 1. The summed E-state index contributed by atoms with van der Waals surface area (Å²) in [5.74, 6) is 1.02. The minimum atomic E-state index is -0.163. The molecule has 1 aromatic rings. The van der Waals surface area contributed by atoms with Crippen LogP contribution in [0, 0.1) is 0 Å². The van der Waals surface area contributed by atoms with Crippen molar-refractivity contribution in [1.82, 2.24) is 0 Å². The largest absolute Gasteiger partial charge is 0.494 e. The zero-order chi connectivity index (χ0) is 13.8. The maximum atomic E-state index is 12.2. The first-order valence-electron chi connectivity index (χ1n) is 6.08. The van der Waals surface area contributed by atoms with Gasteiger partial charge >= 0.3 is 0 Å². The second-order valence-corrected chi connectivity index (χ2v) is 4.51. The first kappa shape index (κ1) is 14.0. The molecule has 5 nitrogen and oxygen atoms in total. The Hall–Kier alpha value is -1.46. The number of halogens is 1. The average molecular weight is 286 g/mol. The third kappa shape index (κ3) is 2.77. The van der Waals surface area contributed by atoms with Crippen molar-refractivity contribution in [1.29, 1.82) is 0 Å². The fraction of sp³-hybridized carbons (Fsp3) is 0.462. The molecule has 0 aliphatic carbocycles. The summed E-state index contributed by atoms with van der Waals surface area (Å²) in [4.78, 5) is 12.2. The van der Waals surface area contributed by atoms with Gasteiger partial charge in [-0.25, -0.2) is 0 Å². The highest BCUT2D eigenvalue weighted by Gasteiger charge is 2.26. The summed E-state index contributed by atoms with van der Waals surface area (Å²) >= 11 is 6.12. The van der Waals surface area contributed by atoms with Gasteiger partial charge in [0.2, 0.25) is 0 Å². The Labute approximate surface area is 116 Å². The lowest BCUT2D eigenvalue weighted by molar-refractivity contribution is 0.0978. The summed E-state index contributed by atoms with van der Waals surface area (Å²) in [6, 6.07) is 1.61. The maximum Gasteiger partial charge on any atom is 0.175 e. The lowest BCUT2D eigenvalue weighted by Gasteiger charge is -2.16. The Bertz CT molecular complexity index is 490. The molecule has 0 radical (unpaired) electrons. The topological polar surface area (TPSA) is 70.8 Å². The van der Waals surface area contributed by atoms with Crippen LogP contribution in [-0.4, -0.2) is 32.7 Å². The molecule has 0 aromatic heterocycles. The fourth-order valence-electron chi connectivity index (χ4n) is 1.97. The van der Waals surface area contributed by atoms with E-state index >= 15 is 0 Å². The van der Waals surface area contributed by atoms with Crippen LogP contribution in [0.2, 0.25) is 5.02 Å². The molecule has 1 heterocycles. The Balaban J connectivity index is 2.58. The number of rotatable bonds is 4. The molecule has 19 heavy (non-hydrogen) atoms. The molecule has 0 spiro atoms. The molecule has 104 valence electrons. The van der Waals surface area contributed by atoms with E-state index in [0.29, 0.717) is 41.0 Å². The van der Waals surface area contributed by atoms with E-state index in [1.807, 2.05) is 0 Å². The van der Waals surface area contributed by atoms with Gasteiger partial charge < -0.3 is 19.9 Å². The lowest BCUT2D eigenvalue weighted by Crippen LogP contribution is -2.12. The zero-order valence-corrected chi connectivity index (χ0v) is 11.5. The van der Waals surface area contributed by atoms with Crippen molar-refractivity contribution in [2.75, 3.05) is 26.9 Å². The van der Waals surface area contributed by atoms with Crippen molar-refractivity contribution < 1.29 is 19.0 Å². The monoisotopic (exact) mass is 285 g/mol. The van der Waals surface area contributed by atoms with Crippen molar-refractivity contribution >= 4 is 17.4 Å². The number of hydrogen-bond donors (Lipinski definition) is 1. The molecular weight excluding hydrogens is 270 g/mol. The Kier molecular flexibility index (Phi) is 4.50. The standard InChI is InChI=1S/C13H16ClNO4/c1-17-12-8(14)7-10-13(19-6-2-5-18-10)11(12)9(16)3-4-15/h7H,2-6,15H2,1H3. The van der Waals surface area contributed by atoms with Crippen LogP contribution in [0.1, 0.15) is 23.2 Å². The normalized spacial score (nSPS) is 13.8. The number of carbonyl (C=O) groups is 1. The van der Waals surface area contributed by atoms with Crippen LogP contribution in [0.5, 0.6) is 17.2 Å². The van der Waals surface area contributed by atoms with Crippen molar-refractivity contribution in [3.8, 4) is 17.2 Å². The summed E-state index contributed by atoms with van der Waals surface area (Å²) in [6.07, 6.45) is 0.950. The van der Waals surface area contributed by atoms with Crippen molar-refractivity contribution in [2.45, 2.75) is 12.8 Å². The van der Waals surface area contributed by atoms with Gasteiger partial charge in [-0.3, -0.25) is 4.79 Å². The van der Waals surface area contributed by atoms with Crippen molar-refractivity contribution in [3.63, 3.8) is 0 Å². The van der Waals surface area contributed by atoms with E-state index in [1.54, 1.807) is 6.07 Å². The van der Waals surface area contributed by atoms with Gasteiger partial charge in [0, 0.05) is 18.9 Å². The number of ether oxygens (including phenoxy) is 3. The molecule has 0 saturated heterocycles. The Morgan fingerprint density at radius 3 is 2.89 bits per heavy atom. The number of benzene rings is 1. The highest BCUT2D eigenvalue weighted by Crippen LogP contribution is 2.44. The van der Waals surface area contributed by atoms with Gasteiger partial charge in [0.15, 0.2) is 23.0 Å². The molecule has 0 unspecified atom stereocenters. The van der Waals surface area contributed by atoms with Gasteiger partial charge in [0.1, 0.15) is 5.56 Å². The minimum Gasteiger partial charge on any atom is -0.494 e. The average Bonchev–Trinajstić information content (AvgIpc) is 2.62. The number of ketones is 1. The molecule has 1 aromatic carbocycles. The third-order valence-corrected chi connectivity index (χ3v) is 3.08. The van der Waals surface area contributed by atoms with Gasteiger partial charge in [0.05, 0.1) is 25.3 Å².